The molecule has 0 aliphatic rings. The quantitative estimate of drug-likeness (QED) is 0.688. The maximum absolute atomic E-state index is 8.92. The van der Waals surface area contributed by atoms with Gasteiger partial charge in [0, 0.05) is 0 Å². The molecular formula is C13H9N3S. The second-order valence-corrected chi connectivity index (χ2v) is 4.59. The highest BCUT2D eigenvalue weighted by Gasteiger charge is 2.12. The van der Waals surface area contributed by atoms with Gasteiger partial charge in [0.05, 0.1) is 22.0 Å². The minimum Gasteiger partial charge on any atom is -0.309 e. The number of para-hydroxylation sites is 2. The van der Waals surface area contributed by atoms with E-state index in [0.717, 1.165) is 21.7 Å². The van der Waals surface area contributed by atoms with E-state index >= 15 is 0 Å². The van der Waals surface area contributed by atoms with Crippen LogP contribution in [-0.2, 0) is 6.54 Å². The third kappa shape index (κ3) is 1.61. The van der Waals surface area contributed by atoms with Crippen LogP contribution in [0.5, 0.6) is 0 Å². The first-order valence-electron chi connectivity index (χ1n) is 5.26. The molecule has 17 heavy (non-hydrogen) atoms. The molecule has 3 nitrogen and oxygen atoms in total. The molecule has 2 heterocycles. The van der Waals surface area contributed by atoms with Crippen molar-refractivity contribution in [1.29, 1.82) is 5.26 Å². The summed E-state index contributed by atoms with van der Waals surface area (Å²) in [4.78, 5) is 5.69. The summed E-state index contributed by atoms with van der Waals surface area (Å²) in [6.07, 6.45) is 0. The lowest BCUT2D eigenvalue weighted by atomic mass is 10.3. The monoisotopic (exact) mass is 239 g/mol. The van der Waals surface area contributed by atoms with Gasteiger partial charge in [-0.1, -0.05) is 18.2 Å². The lowest BCUT2D eigenvalue weighted by Crippen LogP contribution is -1.97. The Hall–Kier alpha value is -2.12. The van der Waals surface area contributed by atoms with E-state index in [1.54, 1.807) is 11.3 Å². The molecule has 0 radical (unpaired) electrons. The minimum absolute atomic E-state index is 0.327. The highest BCUT2D eigenvalue weighted by atomic mass is 32.1. The van der Waals surface area contributed by atoms with E-state index in [2.05, 4.69) is 11.1 Å². The first-order chi connectivity index (χ1) is 8.40. The van der Waals surface area contributed by atoms with Crippen molar-refractivity contribution in [2.45, 2.75) is 6.54 Å². The topological polar surface area (TPSA) is 41.6 Å². The van der Waals surface area contributed by atoms with E-state index in [1.165, 1.54) is 0 Å². The third-order valence-corrected chi connectivity index (χ3v) is 3.49. The van der Waals surface area contributed by atoms with Crippen molar-refractivity contribution in [3.05, 3.63) is 41.8 Å². The van der Waals surface area contributed by atoms with Crippen LogP contribution >= 0.6 is 11.3 Å². The Morgan fingerprint density at radius 2 is 2.12 bits per heavy atom. The number of thiophene rings is 1. The first kappa shape index (κ1) is 10.1. The van der Waals surface area contributed by atoms with E-state index in [9.17, 15) is 0 Å². The molecule has 3 aromatic rings. The number of imidazole rings is 1. The van der Waals surface area contributed by atoms with Gasteiger partial charge < -0.3 is 4.57 Å². The van der Waals surface area contributed by atoms with Crippen molar-refractivity contribution in [3.63, 3.8) is 0 Å². The van der Waals surface area contributed by atoms with E-state index in [-0.39, 0.29) is 0 Å². The Morgan fingerprint density at radius 3 is 2.88 bits per heavy atom. The summed E-state index contributed by atoms with van der Waals surface area (Å²) in [7, 11) is 0. The fourth-order valence-corrected chi connectivity index (χ4v) is 2.62. The van der Waals surface area contributed by atoms with Crippen molar-refractivity contribution < 1.29 is 0 Å². The molecule has 82 valence electrons. The van der Waals surface area contributed by atoms with Gasteiger partial charge in [0.2, 0.25) is 0 Å². The Bertz CT molecular complexity index is 689. The van der Waals surface area contributed by atoms with E-state index < -0.39 is 0 Å². The first-order valence-corrected chi connectivity index (χ1v) is 6.14. The standard InChI is InChI=1S/C13H9N3S/c14-7-8-16-11-5-2-1-4-10(11)15-13(16)12-6-3-9-17-12/h1-6,9H,8H2. The largest absolute Gasteiger partial charge is 0.309 e. The number of rotatable bonds is 2. The maximum Gasteiger partial charge on any atom is 0.152 e. The Labute approximate surface area is 103 Å². The Balaban J connectivity index is 2.31. The number of nitrogens with zero attached hydrogens (tertiary/aromatic N) is 3. The van der Waals surface area contributed by atoms with Gasteiger partial charge in [-0.2, -0.15) is 5.26 Å². The Morgan fingerprint density at radius 1 is 1.24 bits per heavy atom. The molecular weight excluding hydrogens is 230 g/mol. The molecule has 0 saturated carbocycles. The van der Waals surface area contributed by atoms with Crippen LogP contribution in [0.25, 0.3) is 21.7 Å². The highest BCUT2D eigenvalue weighted by Crippen LogP contribution is 2.27. The molecule has 0 amide bonds. The van der Waals surface area contributed by atoms with Gasteiger partial charge >= 0.3 is 0 Å². The van der Waals surface area contributed by atoms with Crippen LogP contribution in [-0.4, -0.2) is 9.55 Å². The third-order valence-electron chi connectivity index (χ3n) is 2.62. The molecule has 3 rings (SSSR count). The number of benzene rings is 1. The van der Waals surface area contributed by atoms with Gasteiger partial charge in [0.15, 0.2) is 5.82 Å². The zero-order valence-electron chi connectivity index (χ0n) is 9.00. The predicted molar refractivity (Wildman–Crippen MR) is 68.7 cm³/mol. The number of nitriles is 1. The van der Waals surface area contributed by atoms with Gasteiger partial charge in [-0.15, -0.1) is 11.3 Å². The lowest BCUT2D eigenvalue weighted by molar-refractivity contribution is 0.873. The maximum atomic E-state index is 8.92. The van der Waals surface area contributed by atoms with Gasteiger partial charge in [-0.3, -0.25) is 0 Å². The second-order valence-electron chi connectivity index (χ2n) is 3.65. The zero-order chi connectivity index (χ0) is 11.7. The Kier molecular flexibility index (Phi) is 2.39. The molecule has 0 unspecified atom stereocenters. The summed E-state index contributed by atoms with van der Waals surface area (Å²) in [5.74, 6) is 0.878. The van der Waals surface area contributed by atoms with Crippen LogP contribution in [0.3, 0.4) is 0 Å². The molecule has 4 heteroatoms. The van der Waals surface area contributed by atoms with Gasteiger partial charge in [-0.05, 0) is 23.6 Å². The van der Waals surface area contributed by atoms with Gasteiger partial charge in [0.1, 0.15) is 6.54 Å². The van der Waals surface area contributed by atoms with Crippen LogP contribution in [0.2, 0.25) is 0 Å². The zero-order valence-corrected chi connectivity index (χ0v) is 9.81. The molecule has 0 aliphatic heterocycles. The van der Waals surface area contributed by atoms with Crippen molar-refractivity contribution in [3.8, 4) is 16.8 Å². The molecule has 0 fully saturated rings. The highest BCUT2D eigenvalue weighted by molar-refractivity contribution is 7.13. The van der Waals surface area contributed by atoms with Crippen LogP contribution in [0, 0.1) is 11.3 Å². The predicted octanol–water partition coefficient (Wildman–Crippen LogP) is 3.29. The summed E-state index contributed by atoms with van der Waals surface area (Å²) in [5, 5.41) is 10.9. The number of aromatic nitrogens is 2. The summed E-state index contributed by atoms with van der Waals surface area (Å²) < 4.78 is 1.96. The normalized spacial score (nSPS) is 10.5. The van der Waals surface area contributed by atoms with Crippen LogP contribution < -0.4 is 0 Å². The average Bonchev–Trinajstić information content (AvgIpc) is 2.97. The average molecular weight is 239 g/mol. The van der Waals surface area contributed by atoms with Crippen LogP contribution in [0.15, 0.2) is 41.8 Å². The molecule has 0 aliphatic carbocycles. The lowest BCUT2D eigenvalue weighted by Gasteiger charge is -2.01. The molecule has 1 aromatic carbocycles. The van der Waals surface area contributed by atoms with Crippen molar-refractivity contribution in [1.82, 2.24) is 9.55 Å². The number of hydrogen-bond donors (Lipinski definition) is 0. The van der Waals surface area contributed by atoms with Crippen LogP contribution in [0.4, 0.5) is 0 Å². The van der Waals surface area contributed by atoms with Crippen LogP contribution in [0.1, 0.15) is 0 Å². The summed E-state index contributed by atoms with van der Waals surface area (Å²) >= 11 is 1.64. The van der Waals surface area contributed by atoms with E-state index in [0.29, 0.717) is 6.54 Å². The molecule has 0 spiro atoms. The number of fused-ring (bicyclic) bond motifs is 1. The van der Waals surface area contributed by atoms with Crippen molar-refractivity contribution >= 4 is 22.4 Å². The van der Waals surface area contributed by atoms with Crippen molar-refractivity contribution in [2.24, 2.45) is 0 Å². The van der Waals surface area contributed by atoms with Gasteiger partial charge in [0.25, 0.3) is 0 Å². The smallest absolute Gasteiger partial charge is 0.152 e. The fourth-order valence-electron chi connectivity index (χ4n) is 1.90. The van der Waals surface area contributed by atoms with E-state index in [1.807, 2.05) is 46.3 Å². The van der Waals surface area contributed by atoms with Crippen molar-refractivity contribution in [2.75, 3.05) is 0 Å². The van der Waals surface area contributed by atoms with Gasteiger partial charge in [-0.25, -0.2) is 4.98 Å². The molecule has 0 saturated heterocycles. The molecule has 0 bridgehead atoms. The fraction of sp³-hybridized carbons (Fsp3) is 0.0769. The second kappa shape index (κ2) is 4.04. The molecule has 0 atom stereocenters. The summed E-state index contributed by atoms with van der Waals surface area (Å²) in [5.41, 5.74) is 1.95. The summed E-state index contributed by atoms with van der Waals surface area (Å²) in [6, 6.07) is 14.1. The number of hydrogen-bond acceptors (Lipinski definition) is 3. The van der Waals surface area contributed by atoms with E-state index in [4.69, 9.17) is 5.26 Å². The summed E-state index contributed by atoms with van der Waals surface area (Å²) in [6.45, 7) is 0.327. The molecule has 0 N–H and O–H groups in total. The molecule has 2 aromatic heterocycles. The minimum atomic E-state index is 0.327. The SMILES string of the molecule is N#CCn1c(-c2cccs2)nc2ccccc21.